The summed E-state index contributed by atoms with van der Waals surface area (Å²) in [5, 5.41) is 5.63. The molecule has 0 saturated carbocycles. The molecule has 2 N–H and O–H groups in total. The SMILES string of the molecule is O=CCN(C(=O)/C=C/c1ccccc1)C(=O)NC1CNCCO1. The summed E-state index contributed by atoms with van der Waals surface area (Å²) in [6.45, 7) is 1.32. The number of aldehydes is 1. The van der Waals surface area contributed by atoms with Crippen molar-refractivity contribution in [2.45, 2.75) is 6.23 Å². The monoisotopic (exact) mass is 317 g/mol. The van der Waals surface area contributed by atoms with Crippen molar-refractivity contribution in [2.24, 2.45) is 0 Å². The Hall–Kier alpha value is -2.51. The topological polar surface area (TPSA) is 87.7 Å². The van der Waals surface area contributed by atoms with Gasteiger partial charge in [0, 0.05) is 19.2 Å². The fourth-order valence-electron chi connectivity index (χ4n) is 2.04. The summed E-state index contributed by atoms with van der Waals surface area (Å²) in [7, 11) is 0. The van der Waals surface area contributed by atoms with Gasteiger partial charge in [-0.3, -0.25) is 9.69 Å². The number of amides is 3. The van der Waals surface area contributed by atoms with Gasteiger partial charge < -0.3 is 20.2 Å². The number of carbonyl (C=O) groups is 3. The average molecular weight is 317 g/mol. The predicted molar refractivity (Wildman–Crippen MR) is 84.4 cm³/mol. The smallest absolute Gasteiger partial charge is 0.326 e. The molecule has 1 fully saturated rings. The van der Waals surface area contributed by atoms with Gasteiger partial charge in [0.25, 0.3) is 5.91 Å². The number of hydrogen-bond donors (Lipinski definition) is 2. The van der Waals surface area contributed by atoms with Gasteiger partial charge in [0.05, 0.1) is 13.2 Å². The lowest BCUT2D eigenvalue weighted by atomic mass is 10.2. The minimum atomic E-state index is -0.659. The quantitative estimate of drug-likeness (QED) is 0.606. The van der Waals surface area contributed by atoms with Crippen molar-refractivity contribution in [1.82, 2.24) is 15.5 Å². The van der Waals surface area contributed by atoms with E-state index >= 15 is 0 Å². The second kappa shape index (κ2) is 8.82. The molecule has 0 aliphatic carbocycles. The van der Waals surface area contributed by atoms with E-state index in [9.17, 15) is 14.4 Å². The van der Waals surface area contributed by atoms with E-state index in [0.29, 0.717) is 26.0 Å². The van der Waals surface area contributed by atoms with Crippen LogP contribution in [0.5, 0.6) is 0 Å². The lowest BCUT2D eigenvalue weighted by molar-refractivity contribution is -0.125. The van der Waals surface area contributed by atoms with Crippen LogP contribution in [0, 0.1) is 0 Å². The number of carbonyl (C=O) groups excluding carboxylic acids is 3. The van der Waals surface area contributed by atoms with Crippen molar-refractivity contribution < 1.29 is 19.1 Å². The highest BCUT2D eigenvalue weighted by atomic mass is 16.5. The molecule has 23 heavy (non-hydrogen) atoms. The molecule has 1 aliphatic heterocycles. The van der Waals surface area contributed by atoms with Crippen LogP contribution in [0.15, 0.2) is 36.4 Å². The fraction of sp³-hybridized carbons (Fsp3) is 0.312. The second-order valence-electron chi connectivity index (χ2n) is 4.87. The first-order chi connectivity index (χ1) is 11.2. The summed E-state index contributed by atoms with van der Waals surface area (Å²) in [5.74, 6) is -0.567. The summed E-state index contributed by atoms with van der Waals surface area (Å²) in [4.78, 5) is 35.9. The number of ether oxygens (including phenoxy) is 1. The maximum absolute atomic E-state index is 12.2. The van der Waals surface area contributed by atoms with Crippen LogP contribution in [0.3, 0.4) is 0 Å². The third kappa shape index (κ3) is 5.32. The number of imide groups is 1. The van der Waals surface area contributed by atoms with Crippen molar-refractivity contribution in [3.05, 3.63) is 42.0 Å². The van der Waals surface area contributed by atoms with E-state index < -0.39 is 18.2 Å². The molecular weight excluding hydrogens is 298 g/mol. The number of benzene rings is 1. The molecule has 1 saturated heterocycles. The van der Waals surface area contributed by atoms with Crippen molar-refractivity contribution >= 4 is 24.3 Å². The molecule has 0 spiro atoms. The first-order valence-corrected chi connectivity index (χ1v) is 7.32. The zero-order chi connectivity index (χ0) is 16.5. The van der Waals surface area contributed by atoms with Crippen LogP contribution in [-0.4, -0.2) is 55.6 Å². The van der Waals surface area contributed by atoms with E-state index in [2.05, 4.69) is 10.6 Å². The fourth-order valence-corrected chi connectivity index (χ4v) is 2.04. The summed E-state index contributed by atoms with van der Waals surface area (Å²) < 4.78 is 5.35. The van der Waals surface area contributed by atoms with Gasteiger partial charge >= 0.3 is 6.03 Å². The van der Waals surface area contributed by atoms with Crippen molar-refractivity contribution in [1.29, 1.82) is 0 Å². The molecule has 3 amide bonds. The molecular formula is C16H19N3O4. The zero-order valence-electron chi connectivity index (χ0n) is 12.6. The molecule has 0 bridgehead atoms. The molecule has 1 aromatic carbocycles. The van der Waals surface area contributed by atoms with Crippen molar-refractivity contribution in [2.75, 3.05) is 26.2 Å². The summed E-state index contributed by atoms with van der Waals surface area (Å²) in [6.07, 6.45) is 2.84. The zero-order valence-corrected chi connectivity index (χ0v) is 12.6. The standard InChI is InChI=1S/C16H19N3O4/c20-10-9-19(16(22)18-14-12-17-8-11-23-14)15(21)7-6-13-4-2-1-3-5-13/h1-7,10,14,17H,8-9,11-12H2,(H,18,22)/b7-6+. The Bertz CT molecular complexity index is 568. The molecule has 7 nitrogen and oxygen atoms in total. The van der Waals surface area contributed by atoms with Crippen LogP contribution in [0.1, 0.15) is 5.56 Å². The third-order valence-electron chi connectivity index (χ3n) is 3.20. The lowest BCUT2D eigenvalue weighted by Crippen LogP contribution is -2.54. The Morgan fingerprint density at radius 2 is 2.13 bits per heavy atom. The normalized spacial score (nSPS) is 17.7. The number of nitrogens with one attached hydrogen (secondary N) is 2. The highest BCUT2D eigenvalue weighted by Crippen LogP contribution is 2.03. The van der Waals surface area contributed by atoms with Gasteiger partial charge in [0.15, 0.2) is 0 Å². The highest BCUT2D eigenvalue weighted by molar-refractivity contribution is 6.03. The average Bonchev–Trinajstić information content (AvgIpc) is 2.59. The third-order valence-corrected chi connectivity index (χ3v) is 3.20. The minimum absolute atomic E-state index is 0.316. The molecule has 1 aromatic rings. The van der Waals surface area contributed by atoms with Crippen LogP contribution in [-0.2, 0) is 14.3 Å². The largest absolute Gasteiger partial charge is 0.356 e. The van der Waals surface area contributed by atoms with Crippen LogP contribution in [0.2, 0.25) is 0 Å². The van der Waals surface area contributed by atoms with E-state index in [1.165, 1.54) is 6.08 Å². The van der Waals surface area contributed by atoms with Gasteiger partial charge in [-0.25, -0.2) is 4.79 Å². The van der Waals surface area contributed by atoms with E-state index in [1.807, 2.05) is 30.3 Å². The van der Waals surface area contributed by atoms with E-state index in [1.54, 1.807) is 6.08 Å². The number of morpholine rings is 1. The number of rotatable bonds is 5. The summed E-state index contributed by atoms with van der Waals surface area (Å²) >= 11 is 0. The van der Waals surface area contributed by atoms with Gasteiger partial charge in [-0.2, -0.15) is 0 Å². The Balaban J connectivity index is 1.98. The van der Waals surface area contributed by atoms with E-state index in [0.717, 1.165) is 10.5 Å². The van der Waals surface area contributed by atoms with Gasteiger partial charge in [-0.05, 0) is 11.6 Å². The second-order valence-corrected chi connectivity index (χ2v) is 4.87. The first kappa shape index (κ1) is 16.9. The van der Waals surface area contributed by atoms with E-state index in [-0.39, 0.29) is 6.54 Å². The Morgan fingerprint density at radius 3 is 2.78 bits per heavy atom. The lowest BCUT2D eigenvalue weighted by Gasteiger charge is -2.26. The van der Waals surface area contributed by atoms with E-state index in [4.69, 9.17) is 4.74 Å². The molecule has 1 unspecified atom stereocenters. The van der Waals surface area contributed by atoms with Crippen LogP contribution in [0.25, 0.3) is 6.08 Å². The molecule has 7 heteroatoms. The summed E-state index contributed by atoms with van der Waals surface area (Å²) in [6, 6.07) is 8.54. The van der Waals surface area contributed by atoms with Gasteiger partial charge in [0.2, 0.25) is 0 Å². The van der Waals surface area contributed by atoms with Crippen molar-refractivity contribution in [3.63, 3.8) is 0 Å². The Labute approximate surface area is 134 Å². The number of hydrogen-bond acceptors (Lipinski definition) is 5. The molecule has 0 aromatic heterocycles. The minimum Gasteiger partial charge on any atom is -0.356 e. The molecule has 1 atom stereocenters. The first-order valence-electron chi connectivity index (χ1n) is 7.32. The summed E-state index contributed by atoms with van der Waals surface area (Å²) in [5.41, 5.74) is 0.826. The maximum atomic E-state index is 12.2. The maximum Gasteiger partial charge on any atom is 0.326 e. The molecule has 2 rings (SSSR count). The Morgan fingerprint density at radius 1 is 1.35 bits per heavy atom. The number of urea groups is 1. The molecule has 122 valence electrons. The van der Waals surface area contributed by atoms with Gasteiger partial charge in [0.1, 0.15) is 12.5 Å². The van der Waals surface area contributed by atoms with Crippen LogP contribution in [0.4, 0.5) is 4.79 Å². The van der Waals surface area contributed by atoms with Gasteiger partial charge in [-0.15, -0.1) is 0 Å². The predicted octanol–water partition coefficient (Wildman–Crippen LogP) is 0.383. The van der Waals surface area contributed by atoms with Crippen LogP contribution < -0.4 is 10.6 Å². The van der Waals surface area contributed by atoms with Crippen molar-refractivity contribution in [3.8, 4) is 0 Å². The Kier molecular flexibility index (Phi) is 6.46. The number of nitrogens with zero attached hydrogens (tertiary/aromatic N) is 1. The van der Waals surface area contributed by atoms with Gasteiger partial charge in [-0.1, -0.05) is 30.3 Å². The highest BCUT2D eigenvalue weighted by Gasteiger charge is 2.23. The molecule has 1 aliphatic rings. The molecule has 1 heterocycles. The molecule has 0 radical (unpaired) electrons. The van der Waals surface area contributed by atoms with Crippen LogP contribution >= 0.6 is 0 Å².